The Morgan fingerprint density at radius 3 is 2.74 bits per heavy atom. The summed E-state index contributed by atoms with van der Waals surface area (Å²) in [5, 5.41) is 0. The Morgan fingerprint density at radius 1 is 1.17 bits per heavy atom. The molecule has 23 heavy (non-hydrogen) atoms. The topological polar surface area (TPSA) is 86.9 Å². The number of rotatable bonds is 4. The second kappa shape index (κ2) is 6.93. The Hall–Kier alpha value is -2.19. The highest BCUT2D eigenvalue weighted by Gasteiger charge is 2.10. The van der Waals surface area contributed by atoms with Crippen molar-refractivity contribution in [1.29, 1.82) is 0 Å². The van der Waals surface area contributed by atoms with E-state index in [1.807, 2.05) is 24.3 Å². The maximum Gasteiger partial charge on any atom is 0.279 e. The third-order valence-corrected chi connectivity index (χ3v) is 4.76. The van der Waals surface area contributed by atoms with Crippen LogP contribution in [0.5, 0.6) is 0 Å². The van der Waals surface area contributed by atoms with Gasteiger partial charge in [0, 0.05) is 12.8 Å². The minimum absolute atomic E-state index is 0.230. The lowest BCUT2D eigenvalue weighted by molar-refractivity contribution is -0.121. The van der Waals surface area contributed by atoms with E-state index in [2.05, 4.69) is 36.7 Å². The summed E-state index contributed by atoms with van der Waals surface area (Å²) in [6.07, 6.45) is 0.704. The average molecular weight is 393 g/mol. The molecule has 8 heteroatoms. The van der Waals surface area contributed by atoms with Crippen molar-refractivity contribution in [1.82, 2.24) is 20.8 Å². The van der Waals surface area contributed by atoms with Gasteiger partial charge < -0.3 is 4.98 Å². The fraction of sp³-hybridized carbons (Fsp3) is 0.133. The average Bonchev–Trinajstić information content (AvgIpc) is 3.16. The van der Waals surface area contributed by atoms with Gasteiger partial charge in [0.25, 0.3) is 5.91 Å². The van der Waals surface area contributed by atoms with E-state index in [-0.39, 0.29) is 18.2 Å². The fourth-order valence-corrected chi connectivity index (χ4v) is 3.32. The van der Waals surface area contributed by atoms with E-state index >= 15 is 0 Å². The van der Waals surface area contributed by atoms with Crippen LogP contribution in [0.25, 0.3) is 11.0 Å². The summed E-state index contributed by atoms with van der Waals surface area (Å²) in [5.74, 6) is 0.141. The number of carbonyl (C=O) groups excluding carboxylic acids is 2. The van der Waals surface area contributed by atoms with Gasteiger partial charge in [-0.1, -0.05) is 12.1 Å². The highest BCUT2D eigenvalue weighted by Crippen LogP contribution is 2.21. The second-order valence-corrected chi connectivity index (χ2v) is 7.27. The van der Waals surface area contributed by atoms with Crippen LogP contribution >= 0.6 is 27.3 Å². The molecule has 0 saturated heterocycles. The molecule has 0 aliphatic rings. The number of hydrazine groups is 1. The number of aromatic nitrogens is 2. The fourth-order valence-electron chi connectivity index (χ4n) is 2.04. The lowest BCUT2D eigenvalue weighted by atomic mass is 10.3. The van der Waals surface area contributed by atoms with Crippen LogP contribution in [0, 0.1) is 0 Å². The Morgan fingerprint density at radius 2 is 2.00 bits per heavy atom. The molecule has 2 heterocycles. The number of carbonyl (C=O) groups is 2. The SMILES string of the molecule is O=C(CCc1nc2ccccc2[nH]1)NNC(=O)c1ccc(Br)s1. The Bertz CT molecular complexity index is 825. The van der Waals surface area contributed by atoms with Crippen molar-refractivity contribution in [3.05, 3.63) is 50.9 Å². The normalized spacial score (nSPS) is 10.7. The molecular formula is C15H13BrN4O2S. The van der Waals surface area contributed by atoms with E-state index in [1.54, 1.807) is 12.1 Å². The molecule has 3 aromatic rings. The van der Waals surface area contributed by atoms with Crippen LogP contribution in [0.4, 0.5) is 0 Å². The van der Waals surface area contributed by atoms with Crippen molar-refractivity contribution < 1.29 is 9.59 Å². The number of hydrogen-bond acceptors (Lipinski definition) is 4. The number of aromatic amines is 1. The summed E-state index contributed by atoms with van der Waals surface area (Å²) in [7, 11) is 0. The monoisotopic (exact) mass is 392 g/mol. The Balaban J connectivity index is 1.48. The molecule has 0 aliphatic heterocycles. The molecule has 0 spiro atoms. The number of nitrogens with one attached hydrogen (secondary N) is 3. The predicted molar refractivity (Wildman–Crippen MR) is 92.0 cm³/mol. The van der Waals surface area contributed by atoms with Gasteiger partial charge in [0.2, 0.25) is 5.91 Å². The number of halogens is 1. The third kappa shape index (κ3) is 3.96. The van der Waals surface area contributed by atoms with Gasteiger partial charge in [0.15, 0.2) is 0 Å². The van der Waals surface area contributed by atoms with Crippen molar-refractivity contribution in [2.75, 3.05) is 0 Å². The van der Waals surface area contributed by atoms with Gasteiger partial charge in [-0.2, -0.15) is 0 Å². The summed E-state index contributed by atoms with van der Waals surface area (Å²) in [5.41, 5.74) is 6.62. The van der Waals surface area contributed by atoms with Gasteiger partial charge in [0.1, 0.15) is 5.82 Å². The number of para-hydroxylation sites is 2. The van der Waals surface area contributed by atoms with E-state index in [0.29, 0.717) is 11.3 Å². The number of nitrogens with zero attached hydrogens (tertiary/aromatic N) is 1. The van der Waals surface area contributed by atoms with Crippen LogP contribution in [-0.4, -0.2) is 21.8 Å². The van der Waals surface area contributed by atoms with E-state index in [4.69, 9.17) is 0 Å². The standard InChI is InChI=1S/C15H13BrN4O2S/c16-12-6-5-11(23-12)15(22)20-19-14(21)8-7-13-17-9-3-1-2-4-10(9)18-13/h1-6H,7-8H2,(H,17,18)(H,19,21)(H,20,22). The smallest absolute Gasteiger partial charge is 0.279 e. The van der Waals surface area contributed by atoms with Gasteiger partial charge in [-0.3, -0.25) is 20.4 Å². The van der Waals surface area contributed by atoms with E-state index in [9.17, 15) is 9.59 Å². The highest BCUT2D eigenvalue weighted by atomic mass is 79.9. The molecule has 0 unspecified atom stereocenters. The van der Waals surface area contributed by atoms with Gasteiger partial charge in [-0.15, -0.1) is 11.3 Å². The Labute approximate surface area is 144 Å². The summed E-state index contributed by atoms with van der Waals surface area (Å²) >= 11 is 4.58. The van der Waals surface area contributed by atoms with Crippen molar-refractivity contribution in [3.8, 4) is 0 Å². The van der Waals surface area contributed by atoms with Crippen LogP contribution in [-0.2, 0) is 11.2 Å². The molecule has 2 aromatic heterocycles. The van der Waals surface area contributed by atoms with E-state index < -0.39 is 0 Å². The van der Waals surface area contributed by atoms with Gasteiger partial charge >= 0.3 is 0 Å². The van der Waals surface area contributed by atoms with Crippen LogP contribution in [0.15, 0.2) is 40.2 Å². The second-order valence-electron chi connectivity index (χ2n) is 4.81. The number of benzene rings is 1. The number of fused-ring (bicyclic) bond motifs is 1. The maximum absolute atomic E-state index is 11.8. The van der Waals surface area contributed by atoms with E-state index in [1.165, 1.54) is 11.3 Å². The Kier molecular flexibility index (Phi) is 4.73. The first-order valence-electron chi connectivity index (χ1n) is 6.90. The quantitative estimate of drug-likeness (QED) is 0.596. The molecular weight excluding hydrogens is 380 g/mol. The zero-order valence-electron chi connectivity index (χ0n) is 11.9. The molecule has 0 fully saturated rings. The van der Waals surface area contributed by atoms with Crippen molar-refractivity contribution in [2.24, 2.45) is 0 Å². The minimum atomic E-state index is -0.335. The molecule has 3 N–H and O–H groups in total. The first-order chi connectivity index (χ1) is 11.1. The van der Waals surface area contributed by atoms with Crippen molar-refractivity contribution in [2.45, 2.75) is 12.8 Å². The lowest BCUT2D eigenvalue weighted by Crippen LogP contribution is -2.41. The maximum atomic E-state index is 11.8. The minimum Gasteiger partial charge on any atom is -0.342 e. The number of imidazole rings is 1. The first-order valence-corrected chi connectivity index (χ1v) is 8.51. The van der Waals surface area contributed by atoms with Crippen LogP contribution in [0.1, 0.15) is 21.9 Å². The summed E-state index contributed by atoms with van der Waals surface area (Å²) in [6.45, 7) is 0. The zero-order valence-corrected chi connectivity index (χ0v) is 14.3. The van der Waals surface area contributed by atoms with Crippen LogP contribution < -0.4 is 10.9 Å². The number of aryl methyl sites for hydroxylation is 1. The molecule has 0 aliphatic carbocycles. The molecule has 6 nitrogen and oxygen atoms in total. The zero-order chi connectivity index (χ0) is 16.2. The lowest BCUT2D eigenvalue weighted by Gasteiger charge is -2.05. The third-order valence-electron chi connectivity index (χ3n) is 3.14. The molecule has 3 rings (SSSR count). The molecule has 1 aromatic carbocycles. The number of H-pyrrole nitrogens is 1. The first kappa shape index (κ1) is 15.7. The summed E-state index contributed by atoms with van der Waals surface area (Å²) in [6, 6.07) is 11.2. The number of thiophene rings is 1. The number of amides is 2. The van der Waals surface area contributed by atoms with E-state index in [0.717, 1.165) is 20.6 Å². The predicted octanol–water partition coefficient (Wildman–Crippen LogP) is 2.78. The van der Waals surface area contributed by atoms with Gasteiger partial charge in [-0.05, 0) is 40.2 Å². The molecule has 0 bridgehead atoms. The summed E-state index contributed by atoms with van der Waals surface area (Å²) in [4.78, 5) is 31.7. The van der Waals surface area contributed by atoms with Crippen LogP contribution in [0.2, 0.25) is 0 Å². The molecule has 0 saturated carbocycles. The molecule has 0 radical (unpaired) electrons. The van der Waals surface area contributed by atoms with Gasteiger partial charge in [0.05, 0.1) is 19.7 Å². The van der Waals surface area contributed by atoms with Gasteiger partial charge in [-0.25, -0.2) is 4.98 Å². The largest absolute Gasteiger partial charge is 0.342 e. The van der Waals surface area contributed by atoms with Crippen molar-refractivity contribution in [3.63, 3.8) is 0 Å². The molecule has 0 atom stereocenters. The van der Waals surface area contributed by atoms with Crippen molar-refractivity contribution >= 4 is 50.1 Å². The highest BCUT2D eigenvalue weighted by molar-refractivity contribution is 9.11. The summed E-state index contributed by atoms with van der Waals surface area (Å²) < 4.78 is 0.860. The molecule has 118 valence electrons. The number of hydrogen-bond donors (Lipinski definition) is 3. The van der Waals surface area contributed by atoms with Crippen LogP contribution in [0.3, 0.4) is 0 Å². The molecule has 2 amide bonds.